The van der Waals surface area contributed by atoms with Gasteiger partial charge >= 0.3 is 0 Å². The highest BCUT2D eigenvalue weighted by atomic mass is 16.5. The Bertz CT molecular complexity index is 1050. The number of aromatic nitrogens is 2. The minimum absolute atomic E-state index is 0.200. The van der Waals surface area contributed by atoms with Crippen molar-refractivity contribution >= 4 is 11.9 Å². The fourth-order valence-electron chi connectivity index (χ4n) is 6.88. The van der Waals surface area contributed by atoms with E-state index < -0.39 is 0 Å². The monoisotopic (exact) mass is 446 g/mol. The quantitative estimate of drug-likeness (QED) is 0.360. The van der Waals surface area contributed by atoms with Crippen LogP contribution in [-0.4, -0.2) is 22.2 Å². The van der Waals surface area contributed by atoms with E-state index in [1.54, 1.807) is 4.68 Å². The molecule has 176 valence electrons. The number of benzene rings is 1. The summed E-state index contributed by atoms with van der Waals surface area (Å²) in [4.78, 5) is 13.5. The van der Waals surface area contributed by atoms with Gasteiger partial charge in [-0.25, -0.2) is 0 Å². The first-order valence-electron chi connectivity index (χ1n) is 13.0. The molecule has 0 bridgehead atoms. The fraction of sp³-hybridized carbons (Fsp3) is 0.586. The molecule has 4 heteroatoms. The SMILES string of the molecule is CCCCCCOc1ccc2c(c1)CC[C@@H]1[C@H]3C/C(=C\c4cnn(C)c4)C(=O)[C@]3(C)CC[C@@H]21. The first-order chi connectivity index (χ1) is 16.0. The van der Waals surface area contributed by atoms with Crippen molar-refractivity contribution in [3.05, 3.63) is 52.9 Å². The second kappa shape index (κ2) is 9.12. The number of rotatable bonds is 7. The highest BCUT2D eigenvalue weighted by Crippen LogP contribution is 2.60. The lowest BCUT2D eigenvalue weighted by Crippen LogP contribution is -2.42. The van der Waals surface area contributed by atoms with Gasteiger partial charge in [0.1, 0.15) is 5.75 Å². The normalized spacial score (nSPS) is 29.6. The van der Waals surface area contributed by atoms with Gasteiger partial charge in [-0.05, 0) is 91.2 Å². The summed E-state index contributed by atoms with van der Waals surface area (Å²) < 4.78 is 7.87. The van der Waals surface area contributed by atoms with Crippen LogP contribution in [0.4, 0.5) is 0 Å². The minimum Gasteiger partial charge on any atom is -0.494 e. The first-order valence-corrected chi connectivity index (χ1v) is 13.0. The van der Waals surface area contributed by atoms with Gasteiger partial charge in [0, 0.05) is 24.2 Å². The lowest BCUT2D eigenvalue weighted by molar-refractivity contribution is -0.127. The van der Waals surface area contributed by atoms with Crippen LogP contribution >= 0.6 is 0 Å². The van der Waals surface area contributed by atoms with Crippen molar-refractivity contribution < 1.29 is 9.53 Å². The van der Waals surface area contributed by atoms with Crippen LogP contribution in [0.3, 0.4) is 0 Å². The predicted octanol–water partition coefficient (Wildman–Crippen LogP) is 6.50. The molecule has 2 aromatic rings. The maximum atomic E-state index is 13.5. The summed E-state index contributed by atoms with van der Waals surface area (Å²) in [6, 6.07) is 6.81. The molecule has 2 fully saturated rings. The number of aryl methyl sites for hydroxylation is 2. The Morgan fingerprint density at radius 1 is 1.24 bits per heavy atom. The van der Waals surface area contributed by atoms with E-state index in [-0.39, 0.29) is 5.41 Å². The lowest BCUT2D eigenvalue weighted by atomic mass is 9.55. The van der Waals surface area contributed by atoms with Gasteiger partial charge in [-0.2, -0.15) is 5.10 Å². The number of ether oxygens (including phenoxy) is 1. The number of Topliss-reactive ketones (excluding diaryl/α,β-unsaturated/α-hetero) is 1. The summed E-state index contributed by atoms with van der Waals surface area (Å²) >= 11 is 0. The second-order valence-electron chi connectivity index (χ2n) is 10.8. The number of nitrogens with zero attached hydrogens (tertiary/aromatic N) is 2. The van der Waals surface area contributed by atoms with Crippen LogP contribution in [0.1, 0.15) is 87.8 Å². The highest BCUT2D eigenvalue weighted by molar-refractivity contribution is 6.05. The number of carbonyl (C=O) groups is 1. The van der Waals surface area contributed by atoms with Gasteiger partial charge in [0.15, 0.2) is 5.78 Å². The molecule has 0 unspecified atom stereocenters. The zero-order valence-corrected chi connectivity index (χ0v) is 20.5. The van der Waals surface area contributed by atoms with Crippen LogP contribution in [-0.2, 0) is 18.3 Å². The molecule has 4 nitrogen and oxygen atoms in total. The molecular weight excluding hydrogens is 408 g/mol. The summed E-state index contributed by atoms with van der Waals surface area (Å²) in [7, 11) is 1.92. The molecule has 3 aliphatic rings. The zero-order valence-electron chi connectivity index (χ0n) is 20.5. The third-order valence-electron chi connectivity index (χ3n) is 8.67. The summed E-state index contributed by atoms with van der Waals surface area (Å²) in [5.74, 6) is 3.04. The van der Waals surface area contributed by atoms with E-state index in [1.165, 1.54) is 36.8 Å². The molecule has 0 saturated heterocycles. The topological polar surface area (TPSA) is 44.1 Å². The molecule has 33 heavy (non-hydrogen) atoms. The average Bonchev–Trinajstić information content (AvgIpc) is 3.34. The van der Waals surface area contributed by atoms with Gasteiger partial charge in [-0.3, -0.25) is 9.48 Å². The van der Waals surface area contributed by atoms with Crippen LogP contribution in [0, 0.1) is 17.3 Å². The van der Waals surface area contributed by atoms with Crippen molar-refractivity contribution in [1.29, 1.82) is 0 Å². The molecule has 0 radical (unpaired) electrons. The molecule has 0 N–H and O–H groups in total. The molecular formula is C29H38N2O2. The number of ketones is 1. The van der Waals surface area contributed by atoms with Crippen molar-refractivity contribution in [3.8, 4) is 5.75 Å². The fourth-order valence-corrected chi connectivity index (χ4v) is 6.88. The van der Waals surface area contributed by atoms with Crippen LogP contribution in [0.15, 0.2) is 36.2 Å². The van der Waals surface area contributed by atoms with Gasteiger partial charge in [-0.15, -0.1) is 0 Å². The Balaban J connectivity index is 1.32. The second-order valence-corrected chi connectivity index (χ2v) is 10.8. The zero-order chi connectivity index (χ0) is 23.0. The first kappa shape index (κ1) is 22.4. The molecule has 4 atom stereocenters. The maximum Gasteiger partial charge on any atom is 0.165 e. The van der Waals surface area contributed by atoms with Crippen molar-refractivity contribution in [2.45, 2.75) is 77.6 Å². The summed E-state index contributed by atoms with van der Waals surface area (Å²) in [5, 5.41) is 4.27. The molecule has 1 heterocycles. The van der Waals surface area contributed by atoms with Gasteiger partial charge < -0.3 is 4.74 Å². The van der Waals surface area contributed by atoms with Crippen molar-refractivity contribution in [2.75, 3.05) is 6.61 Å². The van der Waals surface area contributed by atoms with Crippen LogP contribution in [0.25, 0.3) is 6.08 Å². The van der Waals surface area contributed by atoms with Crippen molar-refractivity contribution in [3.63, 3.8) is 0 Å². The Morgan fingerprint density at radius 2 is 2.12 bits per heavy atom. The molecule has 1 aromatic carbocycles. The highest BCUT2D eigenvalue weighted by Gasteiger charge is 2.56. The third-order valence-corrected chi connectivity index (χ3v) is 8.67. The molecule has 5 rings (SSSR count). The van der Waals surface area contributed by atoms with E-state index in [0.717, 1.165) is 55.6 Å². The molecule has 0 spiro atoms. The lowest BCUT2D eigenvalue weighted by Gasteiger charge is -2.48. The number of unbranched alkanes of at least 4 members (excludes halogenated alkanes) is 3. The van der Waals surface area contributed by atoms with Crippen LogP contribution in [0.2, 0.25) is 0 Å². The Labute approximate surface area is 198 Å². The van der Waals surface area contributed by atoms with E-state index in [4.69, 9.17) is 4.74 Å². The minimum atomic E-state index is -0.200. The number of hydrogen-bond donors (Lipinski definition) is 0. The molecule has 3 aliphatic carbocycles. The van der Waals surface area contributed by atoms with Crippen LogP contribution < -0.4 is 4.74 Å². The largest absolute Gasteiger partial charge is 0.494 e. The van der Waals surface area contributed by atoms with Crippen molar-refractivity contribution in [2.24, 2.45) is 24.3 Å². The number of carbonyl (C=O) groups excluding carboxylic acids is 1. The van der Waals surface area contributed by atoms with Crippen molar-refractivity contribution in [1.82, 2.24) is 9.78 Å². The molecule has 1 aromatic heterocycles. The van der Waals surface area contributed by atoms with Crippen LogP contribution in [0.5, 0.6) is 5.75 Å². The summed E-state index contributed by atoms with van der Waals surface area (Å²) in [5.41, 5.74) is 4.84. The predicted molar refractivity (Wildman–Crippen MR) is 132 cm³/mol. The third kappa shape index (κ3) is 4.18. The number of allylic oxidation sites excluding steroid dienone is 1. The van der Waals surface area contributed by atoms with Gasteiger partial charge in [0.05, 0.1) is 12.8 Å². The number of hydrogen-bond acceptors (Lipinski definition) is 3. The number of fused-ring (bicyclic) bond motifs is 5. The standard InChI is InChI=1S/C29H38N2O2/c1-4-5-6-7-14-33-23-9-11-24-21(16-23)8-10-26-25(24)12-13-29(2)27(26)17-22(28(29)32)15-20-18-30-31(3)19-20/h9,11,15-16,18-19,25-27H,4-8,10,12-14,17H2,1-3H3/b22-15+/t25-,26-,27+,29+/m0/s1. The Kier molecular flexibility index (Phi) is 6.20. The molecule has 0 amide bonds. The van der Waals surface area contributed by atoms with E-state index in [9.17, 15) is 4.79 Å². The Hall–Kier alpha value is -2.36. The van der Waals surface area contributed by atoms with E-state index in [1.807, 2.05) is 19.4 Å². The van der Waals surface area contributed by atoms with E-state index >= 15 is 0 Å². The smallest absolute Gasteiger partial charge is 0.165 e. The van der Waals surface area contributed by atoms with Gasteiger partial charge in [0.25, 0.3) is 0 Å². The molecule has 2 saturated carbocycles. The van der Waals surface area contributed by atoms with Gasteiger partial charge in [-0.1, -0.05) is 39.2 Å². The average molecular weight is 447 g/mol. The van der Waals surface area contributed by atoms with E-state index in [2.05, 4.69) is 43.2 Å². The summed E-state index contributed by atoms with van der Waals surface area (Å²) in [6.07, 6.45) is 16.2. The maximum absolute atomic E-state index is 13.5. The Morgan fingerprint density at radius 3 is 2.91 bits per heavy atom. The van der Waals surface area contributed by atoms with E-state index in [0.29, 0.717) is 23.5 Å². The molecule has 0 aliphatic heterocycles. The van der Waals surface area contributed by atoms with Gasteiger partial charge in [0.2, 0.25) is 0 Å². The summed E-state index contributed by atoms with van der Waals surface area (Å²) in [6.45, 7) is 5.30.